The molecule has 130 valence electrons. The Bertz CT molecular complexity index is 735. The molecule has 0 atom stereocenters. The minimum Gasteiger partial charge on any atom is -0.459 e. The number of hydrogen-bond acceptors (Lipinski definition) is 3. The first-order chi connectivity index (χ1) is 12.1. The van der Waals surface area contributed by atoms with Crippen LogP contribution in [0.3, 0.4) is 0 Å². The molecule has 0 heterocycles. The summed E-state index contributed by atoms with van der Waals surface area (Å²) >= 11 is 5.82. The number of benzene rings is 2. The first kappa shape index (κ1) is 17.5. The molecular formula is C20H20ClNO3. The number of nitrogens with one attached hydrogen (secondary N) is 1. The average molecular weight is 358 g/mol. The van der Waals surface area contributed by atoms with Crippen LogP contribution < -0.4 is 5.32 Å². The monoisotopic (exact) mass is 357 g/mol. The molecular weight excluding hydrogens is 338 g/mol. The van der Waals surface area contributed by atoms with Crippen LogP contribution in [0.15, 0.2) is 48.5 Å². The van der Waals surface area contributed by atoms with Gasteiger partial charge in [0.2, 0.25) is 0 Å². The highest BCUT2D eigenvalue weighted by Gasteiger charge is 2.18. The van der Waals surface area contributed by atoms with Crippen molar-refractivity contribution in [2.45, 2.75) is 38.2 Å². The number of hydrogen-bond donors (Lipinski definition) is 1. The fourth-order valence-electron chi connectivity index (χ4n) is 2.90. The van der Waals surface area contributed by atoms with Gasteiger partial charge in [-0.15, -0.1) is 0 Å². The lowest BCUT2D eigenvalue weighted by molar-refractivity contribution is 0.0211. The molecule has 25 heavy (non-hydrogen) atoms. The average Bonchev–Trinajstić information content (AvgIpc) is 2.63. The van der Waals surface area contributed by atoms with E-state index in [2.05, 4.69) is 5.32 Å². The van der Waals surface area contributed by atoms with Crippen LogP contribution in [-0.2, 0) is 4.74 Å². The maximum absolute atomic E-state index is 12.2. The second kappa shape index (κ2) is 8.17. The van der Waals surface area contributed by atoms with Gasteiger partial charge in [-0.1, -0.05) is 18.0 Å². The van der Waals surface area contributed by atoms with E-state index >= 15 is 0 Å². The van der Waals surface area contributed by atoms with E-state index in [9.17, 15) is 9.59 Å². The van der Waals surface area contributed by atoms with Crippen LogP contribution in [0.25, 0.3) is 0 Å². The van der Waals surface area contributed by atoms with Crippen LogP contribution in [0.4, 0.5) is 5.69 Å². The molecule has 4 nitrogen and oxygen atoms in total. The largest absolute Gasteiger partial charge is 0.459 e. The second-order valence-corrected chi connectivity index (χ2v) is 6.64. The van der Waals surface area contributed by atoms with Crippen LogP contribution in [0.2, 0.25) is 5.02 Å². The van der Waals surface area contributed by atoms with E-state index in [1.54, 1.807) is 48.5 Å². The quantitative estimate of drug-likeness (QED) is 0.776. The summed E-state index contributed by atoms with van der Waals surface area (Å²) in [5.41, 5.74) is 1.63. The van der Waals surface area contributed by atoms with Crippen LogP contribution in [-0.4, -0.2) is 18.0 Å². The summed E-state index contributed by atoms with van der Waals surface area (Å²) in [7, 11) is 0. The normalized spacial score (nSPS) is 14.8. The lowest BCUT2D eigenvalue weighted by Gasteiger charge is -2.21. The molecule has 0 aromatic heterocycles. The summed E-state index contributed by atoms with van der Waals surface area (Å²) in [5.74, 6) is -0.531. The fraction of sp³-hybridized carbons (Fsp3) is 0.300. The van der Waals surface area contributed by atoms with Gasteiger partial charge in [0.25, 0.3) is 5.91 Å². The highest BCUT2D eigenvalue weighted by Crippen LogP contribution is 2.22. The van der Waals surface area contributed by atoms with E-state index in [0.29, 0.717) is 21.8 Å². The molecule has 0 saturated heterocycles. The maximum atomic E-state index is 12.2. The Labute approximate surface area is 152 Å². The van der Waals surface area contributed by atoms with Gasteiger partial charge in [0.15, 0.2) is 0 Å². The predicted molar refractivity (Wildman–Crippen MR) is 98.1 cm³/mol. The molecule has 0 unspecified atom stereocenters. The fourth-order valence-corrected chi connectivity index (χ4v) is 3.02. The molecule has 1 fully saturated rings. The minimum atomic E-state index is -0.303. The van der Waals surface area contributed by atoms with Crippen molar-refractivity contribution >= 4 is 29.2 Å². The number of esters is 1. The number of carbonyl (C=O) groups excluding carboxylic acids is 2. The summed E-state index contributed by atoms with van der Waals surface area (Å²) in [6, 6.07) is 13.4. The zero-order valence-electron chi connectivity index (χ0n) is 13.8. The third-order valence-corrected chi connectivity index (χ3v) is 4.56. The molecule has 0 radical (unpaired) electrons. The maximum Gasteiger partial charge on any atom is 0.338 e. The predicted octanol–water partition coefficient (Wildman–Crippen LogP) is 5.08. The van der Waals surface area contributed by atoms with Gasteiger partial charge in [0.1, 0.15) is 6.10 Å². The van der Waals surface area contributed by atoms with Crippen molar-refractivity contribution in [2.75, 3.05) is 5.32 Å². The molecule has 3 rings (SSSR count). The van der Waals surface area contributed by atoms with E-state index in [0.717, 1.165) is 25.7 Å². The van der Waals surface area contributed by atoms with Crippen molar-refractivity contribution in [3.63, 3.8) is 0 Å². The molecule has 2 aromatic rings. The number of rotatable bonds is 4. The molecule has 1 saturated carbocycles. The molecule has 2 aromatic carbocycles. The number of halogens is 1. The molecule has 1 N–H and O–H groups in total. The van der Waals surface area contributed by atoms with Crippen molar-refractivity contribution in [3.8, 4) is 0 Å². The van der Waals surface area contributed by atoms with Crippen molar-refractivity contribution in [1.29, 1.82) is 0 Å². The molecule has 1 aliphatic rings. The summed E-state index contributed by atoms with van der Waals surface area (Å²) in [4.78, 5) is 24.3. The summed E-state index contributed by atoms with van der Waals surface area (Å²) in [6.45, 7) is 0. The Morgan fingerprint density at radius 2 is 1.48 bits per heavy atom. The van der Waals surface area contributed by atoms with Gasteiger partial charge in [-0.2, -0.15) is 0 Å². The van der Waals surface area contributed by atoms with Gasteiger partial charge in [-0.25, -0.2) is 4.79 Å². The number of carbonyl (C=O) groups is 2. The van der Waals surface area contributed by atoms with Crippen LogP contribution >= 0.6 is 11.6 Å². The van der Waals surface area contributed by atoms with Gasteiger partial charge >= 0.3 is 5.97 Å². The van der Waals surface area contributed by atoms with Crippen LogP contribution in [0.1, 0.15) is 52.8 Å². The van der Waals surface area contributed by atoms with Crippen molar-refractivity contribution in [1.82, 2.24) is 0 Å². The molecule has 0 bridgehead atoms. The lowest BCUT2D eigenvalue weighted by atomic mass is 9.98. The van der Waals surface area contributed by atoms with E-state index in [1.807, 2.05) is 0 Å². The van der Waals surface area contributed by atoms with E-state index in [1.165, 1.54) is 6.42 Å². The van der Waals surface area contributed by atoms with E-state index < -0.39 is 0 Å². The van der Waals surface area contributed by atoms with Gasteiger partial charge < -0.3 is 10.1 Å². The Morgan fingerprint density at radius 3 is 2.12 bits per heavy atom. The smallest absolute Gasteiger partial charge is 0.338 e. The third-order valence-electron chi connectivity index (χ3n) is 4.31. The molecule has 0 spiro atoms. The van der Waals surface area contributed by atoms with Crippen molar-refractivity contribution in [3.05, 3.63) is 64.7 Å². The van der Waals surface area contributed by atoms with Gasteiger partial charge in [-0.05, 0) is 74.2 Å². The van der Waals surface area contributed by atoms with Gasteiger partial charge in [-0.3, -0.25) is 4.79 Å². The topological polar surface area (TPSA) is 55.4 Å². The van der Waals surface area contributed by atoms with Gasteiger partial charge in [0.05, 0.1) is 5.56 Å². The first-order valence-electron chi connectivity index (χ1n) is 8.50. The zero-order valence-corrected chi connectivity index (χ0v) is 14.6. The van der Waals surface area contributed by atoms with E-state index in [-0.39, 0.29) is 18.0 Å². The van der Waals surface area contributed by atoms with E-state index in [4.69, 9.17) is 16.3 Å². The SMILES string of the molecule is O=C(Nc1ccc(C(=O)OC2CCCCC2)cc1)c1ccc(Cl)cc1. The number of ether oxygens (including phenoxy) is 1. The summed E-state index contributed by atoms with van der Waals surface area (Å²) in [6.07, 6.45) is 5.38. The van der Waals surface area contributed by atoms with Crippen LogP contribution in [0.5, 0.6) is 0 Å². The van der Waals surface area contributed by atoms with Crippen molar-refractivity contribution in [2.24, 2.45) is 0 Å². The standard InChI is InChI=1S/C20H20ClNO3/c21-16-10-6-14(7-11-16)19(23)22-17-12-8-15(9-13-17)20(24)25-18-4-2-1-3-5-18/h6-13,18H,1-5H2,(H,22,23). The third kappa shape index (κ3) is 4.83. The Hall–Kier alpha value is -2.33. The Balaban J connectivity index is 1.58. The summed E-state index contributed by atoms with van der Waals surface area (Å²) < 4.78 is 5.54. The van der Waals surface area contributed by atoms with Crippen LogP contribution in [0, 0.1) is 0 Å². The van der Waals surface area contributed by atoms with Crippen molar-refractivity contribution < 1.29 is 14.3 Å². The molecule has 5 heteroatoms. The zero-order chi connectivity index (χ0) is 17.6. The first-order valence-corrected chi connectivity index (χ1v) is 8.87. The highest BCUT2D eigenvalue weighted by molar-refractivity contribution is 6.30. The molecule has 0 aliphatic heterocycles. The number of amides is 1. The lowest BCUT2D eigenvalue weighted by Crippen LogP contribution is -2.20. The van der Waals surface area contributed by atoms with Gasteiger partial charge in [0, 0.05) is 16.3 Å². The molecule has 1 amide bonds. The minimum absolute atomic E-state index is 0.0329. The summed E-state index contributed by atoms with van der Waals surface area (Å²) in [5, 5.41) is 3.37. The Kier molecular flexibility index (Phi) is 5.71. The highest BCUT2D eigenvalue weighted by atomic mass is 35.5. The second-order valence-electron chi connectivity index (χ2n) is 6.20. The number of anilines is 1. The Morgan fingerprint density at radius 1 is 0.880 bits per heavy atom. The molecule has 1 aliphatic carbocycles.